The van der Waals surface area contributed by atoms with Crippen molar-refractivity contribution < 1.29 is 4.79 Å². The first-order valence-electron chi connectivity index (χ1n) is 11.2. The van der Waals surface area contributed by atoms with Crippen molar-refractivity contribution in [2.24, 2.45) is 0 Å². The molecular weight excluding hydrogens is 416 g/mol. The standard InChI is InChI=1S/C28H31ClN2O/c1-4-30(5-2)20-21-31(22(3)32)26-18-16-24(17-19-26)27(23-12-8-6-9-13-23)28(29)25-14-10-7-11-15-25/h6-19H,4-5,20-21H2,1-3H3/b28-27+. The number of carbonyl (C=O) groups is 1. The molecule has 3 rings (SSSR count). The van der Waals surface area contributed by atoms with Crippen LogP contribution in [0.2, 0.25) is 0 Å². The Morgan fingerprint density at radius 3 is 1.72 bits per heavy atom. The van der Waals surface area contributed by atoms with Gasteiger partial charge in [0, 0.05) is 31.3 Å². The summed E-state index contributed by atoms with van der Waals surface area (Å²) in [4.78, 5) is 16.5. The number of rotatable bonds is 9. The van der Waals surface area contributed by atoms with E-state index in [0.717, 1.165) is 47.6 Å². The second-order valence-electron chi connectivity index (χ2n) is 7.67. The predicted octanol–water partition coefficient (Wildman–Crippen LogP) is 6.54. The minimum atomic E-state index is 0.0473. The third-order valence-electron chi connectivity index (χ3n) is 5.69. The molecule has 0 saturated heterocycles. The number of benzene rings is 3. The van der Waals surface area contributed by atoms with Crippen molar-refractivity contribution in [3.8, 4) is 0 Å². The van der Waals surface area contributed by atoms with Crippen LogP contribution in [0.3, 0.4) is 0 Å². The Morgan fingerprint density at radius 1 is 0.719 bits per heavy atom. The summed E-state index contributed by atoms with van der Waals surface area (Å²) < 4.78 is 0. The van der Waals surface area contributed by atoms with Gasteiger partial charge in [0.25, 0.3) is 0 Å². The number of amides is 1. The molecule has 3 aromatic carbocycles. The number of hydrogen-bond acceptors (Lipinski definition) is 2. The normalized spacial score (nSPS) is 11.9. The number of hydrogen-bond donors (Lipinski definition) is 0. The highest BCUT2D eigenvalue weighted by molar-refractivity contribution is 6.53. The molecule has 0 heterocycles. The lowest BCUT2D eigenvalue weighted by Crippen LogP contribution is -2.37. The van der Waals surface area contributed by atoms with Gasteiger partial charge in [-0.15, -0.1) is 0 Å². The van der Waals surface area contributed by atoms with Crippen LogP contribution in [0.4, 0.5) is 5.69 Å². The number of halogens is 1. The number of likely N-dealkylation sites (N-methyl/N-ethyl adjacent to an activating group) is 1. The van der Waals surface area contributed by atoms with E-state index in [1.165, 1.54) is 0 Å². The Hall–Kier alpha value is -2.88. The quantitative estimate of drug-likeness (QED) is 0.348. The highest BCUT2D eigenvalue weighted by atomic mass is 35.5. The molecule has 3 aromatic rings. The molecule has 0 aliphatic rings. The van der Waals surface area contributed by atoms with Crippen LogP contribution in [0.5, 0.6) is 0 Å². The Labute approximate surface area is 196 Å². The molecule has 0 bridgehead atoms. The Kier molecular flexibility index (Phi) is 8.66. The van der Waals surface area contributed by atoms with Crippen molar-refractivity contribution in [2.75, 3.05) is 31.1 Å². The fraction of sp³-hybridized carbons (Fsp3) is 0.250. The van der Waals surface area contributed by atoms with Gasteiger partial charge in [-0.25, -0.2) is 0 Å². The summed E-state index contributed by atoms with van der Waals surface area (Å²) in [5.41, 5.74) is 4.92. The first kappa shape index (κ1) is 23.8. The Balaban J connectivity index is 1.97. The predicted molar refractivity (Wildman–Crippen MR) is 137 cm³/mol. The first-order valence-corrected chi connectivity index (χ1v) is 11.5. The molecule has 4 heteroatoms. The van der Waals surface area contributed by atoms with Crippen molar-refractivity contribution in [2.45, 2.75) is 20.8 Å². The monoisotopic (exact) mass is 446 g/mol. The fourth-order valence-electron chi connectivity index (χ4n) is 3.81. The van der Waals surface area contributed by atoms with Gasteiger partial charge in [-0.3, -0.25) is 4.79 Å². The van der Waals surface area contributed by atoms with Crippen molar-refractivity contribution >= 4 is 33.8 Å². The van der Waals surface area contributed by atoms with Crippen molar-refractivity contribution in [3.05, 3.63) is 102 Å². The van der Waals surface area contributed by atoms with E-state index in [1.807, 2.05) is 65.6 Å². The lowest BCUT2D eigenvalue weighted by Gasteiger charge is -2.26. The second-order valence-corrected chi connectivity index (χ2v) is 8.04. The van der Waals surface area contributed by atoms with Crippen LogP contribution in [0.1, 0.15) is 37.5 Å². The van der Waals surface area contributed by atoms with Gasteiger partial charge >= 0.3 is 0 Å². The van der Waals surface area contributed by atoms with Gasteiger partial charge in [-0.05, 0) is 41.9 Å². The average Bonchev–Trinajstić information content (AvgIpc) is 2.84. The minimum absolute atomic E-state index is 0.0473. The number of carbonyl (C=O) groups excluding carboxylic acids is 1. The van der Waals surface area contributed by atoms with E-state index in [1.54, 1.807) is 6.92 Å². The highest BCUT2D eigenvalue weighted by Gasteiger charge is 2.16. The van der Waals surface area contributed by atoms with E-state index in [2.05, 4.69) is 43.0 Å². The smallest absolute Gasteiger partial charge is 0.223 e. The van der Waals surface area contributed by atoms with E-state index in [-0.39, 0.29) is 5.91 Å². The molecule has 0 saturated carbocycles. The maximum atomic E-state index is 12.3. The van der Waals surface area contributed by atoms with E-state index in [4.69, 9.17) is 11.6 Å². The van der Waals surface area contributed by atoms with Crippen LogP contribution in [0.25, 0.3) is 10.6 Å². The molecule has 0 aliphatic carbocycles. The van der Waals surface area contributed by atoms with Gasteiger partial charge in [-0.1, -0.05) is 98.2 Å². The highest BCUT2D eigenvalue weighted by Crippen LogP contribution is 2.35. The summed E-state index contributed by atoms with van der Waals surface area (Å²) in [7, 11) is 0. The van der Waals surface area contributed by atoms with Crippen molar-refractivity contribution in [3.63, 3.8) is 0 Å². The van der Waals surface area contributed by atoms with E-state index < -0.39 is 0 Å². The van der Waals surface area contributed by atoms with Crippen LogP contribution < -0.4 is 4.90 Å². The molecule has 32 heavy (non-hydrogen) atoms. The molecule has 3 nitrogen and oxygen atoms in total. The maximum absolute atomic E-state index is 12.3. The topological polar surface area (TPSA) is 23.6 Å². The Morgan fingerprint density at radius 2 is 1.22 bits per heavy atom. The lowest BCUT2D eigenvalue weighted by atomic mass is 9.95. The van der Waals surface area contributed by atoms with Gasteiger partial charge in [0.05, 0.1) is 5.03 Å². The summed E-state index contributed by atoms with van der Waals surface area (Å²) >= 11 is 6.92. The maximum Gasteiger partial charge on any atom is 0.223 e. The third kappa shape index (κ3) is 5.87. The average molecular weight is 447 g/mol. The van der Waals surface area contributed by atoms with Crippen LogP contribution in [-0.4, -0.2) is 37.0 Å². The zero-order valence-electron chi connectivity index (χ0n) is 19.1. The van der Waals surface area contributed by atoms with Crippen LogP contribution >= 0.6 is 11.6 Å². The van der Waals surface area contributed by atoms with E-state index >= 15 is 0 Å². The first-order chi connectivity index (χ1) is 15.5. The zero-order chi connectivity index (χ0) is 22.9. The van der Waals surface area contributed by atoms with Gasteiger partial charge < -0.3 is 9.80 Å². The second kappa shape index (κ2) is 11.7. The lowest BCUT2D eigenvalue weighted by molar-refractivity contribution is -0.116. The molecule has 0 unspecified atom stereocenters. The van der Waals surface area contributed by atoms with Crippen LogP contribution in [-0.2, 0) is 4.79 Å². The van der Waals surface area contributed by atoms with Crippen molar-refractivity contribution in [1.29, 1.82) is 0 Å². The van der Waals surface area contributed by atoms with Gasteiger partial charge in [0.1, 0.15) is 0 Å². The summed E-state index contributed by atoms with van der Waals surface area (Å²) in [6.07, 6.45) is 0. The number of nitrogens with zero attached hydrogens (tertiary/aromatic N) is 2. The summed E-state index contributed by atoms with van der Waals surface area (Å²) in [5.74, 6) is 0.0473. The van der Waals surface area contributed by atoms with Crippen LogP contribution in [0, 0.1) is 0 Å². The van der Waals surface area contributed by atoms with Crippen molar-refractivity contribution in [1.82, 2.24) is 4.90 Å². The summed E-state index contributed by atoms with van der Waals surface area (Å²) in [5, 5.41) is 0.703. The summed E-state index contributed by atoms with van der Waals surface area (Å²) in [6, 6.07) is 28.3. The SMILES string of the molecule is CCN(CC)CCN(C(C)=O)c1ccc(/C(=C(/Cl)c2ccccc2)c2ccccc2)cc1. The molecule has 0 N–H and O–H groups in total. The molecule has 0 radical (unpaired) electrons. The molecule has 0 spiro atoms. The molecule has 0 fully saturated rings. The molecule has 166 valence electrons. The van der Waals surface area contributed by atoms with Gasteiger partial charge in [0.15, 0.2) is 0 Å². The zero-order valence-corrected chi connectivity index (χ0v) is 19.8. The van der Waals surface area contributed by atoms with Crippen LogP contribution in [0.15, 0.2) is 84.9 Å². The fourth-order valence-corrected chi connectivity index (χ4v) is 4.16. The molecule has 1 amide bonds. The Bertz CT molecular complexity index is 1030. The van der Waals surface area contributed by atoms with E-state index in [9.17, 15) is 4.79 Å². The van der Waals surface area contributed by atoms with Gasteiger partial charge in [-0.2, -0.15) is 0 Å². The van der Waals surface area contributed by atoms with E-state index in [0.29, 0.717) is 11.6 Å². The number of anilines is 1. The minimum Gasteiger partial charge on any atom is -0.311 e. The third-order valence-corrected chi connectivity index (χ3v) is 6.10. The molecule has 0 aromatic heterocycles. The summed E-state index contributed by atoms with van der Waals surface area (Å²) in [6.45, 7) is 9.38. The molecule has 0 atom stereocenters. The van der Waals surface area contributed by atoms with Gasteiger partial charge in [0.2, 0.25) is 5.91 Å². The molecule has 0 aliphatic heterocycles. The largest absolute Gasteiger partial charge is 0.311 e. The molecular formula is C28H31ClN2O.